The lowest BCUT2D eigenvalue weighted by Gasteiger charge is -2.25. The fourth-order valence-electron chi connectivity index (χ4n) is 3.24. The minimum atomic E-state index is -0.792. The number of benzene rings is 2. The SMILES string of the molecule is C=CCOc1ccc2ccccc2c1C=C1C(=O)NC(=O)N(Cc2ccco2)C1=O. The summed E-state index contributed by atoms with van der Waals surface area (Å²) in [6.07, 6.45) is 4.51. The summed E-state index contributed by atoms with van der Waals surface area (Å²) in [5.74, 6) is -0.547. The molecule has 4 rings (SSSR count). The Balaban J connectivity index is 1.79. The van der Waals surface area contributed by atoms with Gasteiger partial charge in [0.2, 0.25) is 0 Å². The largest absolute Gasteiger partial charge is 0.489 e. The molecule has 0 atom stereocenters. The zero-order chi connectivity index (χ0) is 21.1. The van der Waals surface area contributed by atoms with Gasteiger partial charge >= 0.3 is 6.03 Å². The number of nitrogens with zero attached hydrogens (tertiary/aromatic N) is 1. The summed E-state index contributed by atoms with van der Waals surface area (Å²) in [4.78, 5) is 38.7. The summed E-state index contributed by atoms with van der Waals surface area (Å²) in [7, 11) is 0. The molecule has 1 fully saturated rings. The molecule has 1 saturated heterocycles. The molecule has 150 valence electrons. The van der Waals surface area contributed by atoms with Gasteiger partial charge in [-0.2, -0.15) is 0 Å². The van der Waals surface area contributed by atoms with Gasteiger partial charge in [-0.05, 0) is 35.0 Å². The fourth-order valence-corrected chi connectivity index (χ4v) is 3.24. The normalized spacial score (nSPS) is 15.5. The van der Waals surface area contributed by atoms with E-state index in [9.17, 15) is 14.4 Å². The first-order valence-corrected chi connectivity index (χ1v) is 9.25. The molecule has 1 aliphatic heterocycles. The average Bonchev–Trinajstić information content (AvgIpc) is 3.26. The van der Waals surface area contributed by atoms with Gasteiger partial charge in [-0.15, -0.1) is 0 Å². The summed E-state index contributed by atoms with van der Waals surface area (Å²) in [6, 6.07) is 13.7. The highest BCUT2D eigenvalue weighted by Crippen LogP contribution is 2.31. The van der Waals surface area contributed by atoms with Gasteiger partial charge in [0.1, 0.15) is 23.7 Å². The number of carbonyl (C=O) groups excluding carboxylic acids is 3. The molecule has 0 radical (unpaired) electrons. The van der Waals surface area contributed by atoms with Crippen LogP contribution in [-0.4, -0.2) is 29.4 Å². The van der Waals surface area contributed by atoms with Crippen LogP contribution in [0.3, 0.4) is 0 Å². The average molecular weight is 402 g/mol. The van der Waals surface area contributed by atoms with E-state index in [0.717, 1.165) is 15.7 Å². The second kappa shape index (κ2) is 8.08. The molecule has 0 saturated carbocycles. The van der Waals surface area contributed by atoms with Crippen molar-refractivity contribution in [1.82, 2.24) is 10.2 Å². The van der Waals surface area contributed by atoms with Gasteiger partial charge in [0.15, 0.2) is 0 Å². The highest BCUT2D eigenvalue weighted by molar-refractivity contribution is 6.31. The highest BCUT2D eigenvalue weighted by Gasteiger charge is 2.36. The maximum Gasteiger partial charge on any atom is 0.331 e. The summed E-state index contributed by atoms with van der Waals surface area (Å²) in [5, 5.41) is 3.94. The third-order valence-electron chi connectivity index (χ3n) is 4.66. The molecule has 0 spiro atoms. The van der Waals surface area contributed by atoms with Crippen molar-refractivity contribution >= 4 is 34.7 Å². The van der Waals surface area contributed by atoms with E-state index in [0.29, 0.717) is 17.1 Å². The number of ether oxygens (including phenoxy) is 1. The van der Waals surface area contributed by atoms with Crippen LogP contribution in [0.15, 0.2) is 77.4 Å². The number of hydrogen-bond acceptors (Lipinski definition) is 5. The third kappa shape index (κ3) is 3.60. The Kier molecular flexibility index (Phi) is 5.17. The van der Waals surface area contributed by atoms with Crippen molar-refractivity contribution in [2.75, 3.05) is 6.61 Å². The van der Waals surface area contributed by atoms with Crippen LogP contribution in [0.5, 0.6) is 5.75 Å². The van der Waals surface area contributed by atoms with Crippen LogP contribution in [0, 0.1) is 0 Å². The first kappa shape index (κ1) is 19.2. The molecule has 2 aromatic carbocycles. The highest BCUT2D eigenvalue weighted by atomic mass is 16.5. The molecule has 0 aliphatic carbocycles. The lowest BCUT2D eigenvalue weighted by atomic mass is 10.00. The smallest absolute Gasteiger partial charge is 0.331 e. The minimum Gasteiger partial charge on any atom is -0.489 e. The molecule has 1 aromatic heterocycles. The predicted octanol–water partition coefficient (Wildman–Crippen LogP) is 3.66. The fraction of sp³-hybridized carbons (Fsp3) is 0.0870. The van der Waals surface area contributed by atoms with E-state index >= 15 is 0 Å². The Labute approximate surface area is 172 Å². The lowest BCUT2D eigenvalue weighted by molar-refractivity contribution is -0.130. The van der Waals surface area contributed by atoms with Crippen molar-refractivity contribution in [1.29, 1.82) is 0 Å². The number of barbiturate groups is 1. The van der Waals surface area contributed by atoms with Crippen LogP contribution in [0.4, 0.5) is 4.79 Å². The lowest BCUT2D eigenvalue weighted by Crippen LogP contribution is -2.53. The van der Waals surface area contributed by atoms with Gasteiger partial charge in [-0.1, -0.05) is 43.0 Å². The van der Waals surface area contributed by atoms with E-state index in [2.05, 4.69) is 11.9 Å². The Morgan fingerprint density at radius 2 is 1.90 bits per heavy atom. The van der Waals surface area contributed by atoms with E-state index in [4.69, 9.17) is 9.15 Å². The number of furan rings is 1. The van der Waals surface area contributed by atoms with Crippen LogP contribution in [0.2, 0.25) is 0 Å². The number of fused-ring (bicyclic) bond motifs is 1. The molecule has 1 aliphatic rings. The van der Waals surface area contributed by atoms with Crippen molar-refractivity contribution in [2.24, 2.45) is 0 Å². The standard InChI is InChI=1S/C23H18N2O5/c1-2-11-30-20-10-9-15-6-3-4-8-17(15)18(20)13-19-21(26)24-23(28)25(22(19)27)14-16-7-5-12-29-16/h2-10,12-13H,1,11,14H2,(H,24,26,28). The van der Waals surface area contributed by atoms with Gasteiger partial charge in [0.05, 0.1) is 12.8 Å². The third-order valence-corrected chi connectivity index (χ3v) is 4.66. The number of hydrogen-bond donors (Lipinski definition) is 1. The van der Waals surface area contributed by atoms with Crippen LogP contribution in [0.25, 0.3) is 16.8 Å². The molecule has 2 heterocycles. The van der Waals surface area contributed by atoms with Crippen molar-refractivity contribution in [3.05, 3.63) is 84.3 Å². The topological polar surface area (TPSA) is 88.8 Å². The minimum absolute atomic E-state index is 0.0857. The molecule has 0 bridgehead atoms. The summed E-state index contributed by atoms with van der Waals surface area (Å²) in [6.45, 7) is 3.83. The number of nitrogens with one attached hydrogen (secondary N) is 1. The first-order valence-electron chi connectivity index (χ1n) is 9.25. The maximum atomic E-state index is 13.0. The number of urea groups is 1. The summed E-state index contributed by atoms with van der Waals surface area (Å²) in [5.41, 5.74) is 0.404. The molecule has 4 amide bonds. The quantitative estimate of drug-likeness (QED) is 0.386. The molecule has 1 N–H and O–H groups in total. The summed E-state index contributed by atoms with van der Waals surface area (Å²) < 4.78 is 11.0. The molecule has 3 aromatic rings. The zero-order valence-electron chi connectivity index (χ0n) is 16.0. The summed E-state index contributed by atoms with van der Waals surface area (Å²) >= 11 is 0. The Morgan fingerprint density at radius 1 is 1.07 bits per heavy atom. The van der Waals surface area contributed by atoms with E-state index in [-0.39, 0.29) is 18.7 Å². The van der Waals surface area contributed by atoms with Crippen molar-refractivity contribution in [2.45, 2.75) is 6.54 Å². The van der Waals surface area contributed by atoms with E-state index in [1.165, 1.54) is 12.3 Å². The molecule has 0 unspecified atom stereocenters. The van der Waals surface area contributed by atoms with Crippen molar-refractivity contribution in [3.8, 4) is 5.75 Å². The van der Waals surface area contributed by atoms with Gasteiger partial charge in [0.25, 0.3) is 11.8 Å². The monoisotopic (exact) mass is 402 g/mol. The van der Waals surface area contributed by atoms with Crippen LogP contribution in [0.1, 0.15) is 11.3 Å². The van der Waals surface area contributed by atoms with Gasteiger partial charge in [-0.3, -0.25) is 19.8 Å². The van der Waals surface area contributed by atoms with E-state index in [1.807, 2.05) is 30.3 Å². The van der Waals surface area contributed by atoms with Crippen LogP contribution < -0.4 is 10.1 Å². The van der Waals surface area contributed by atoms with Gasteiger partial charge in [-0.25, -0.2) is 4.79 Å². The molecular weight excluding hydrogens is 384 g/mol. The molecule has 7 nitrogen and oxygen atoms in total. The van der Waals surface area contributed by atoms with Crippen molar-refractivity contribution < 1.29 is 23.5 Å². The second-order valence-electron chi connectivity index (χ2n) is 6.59. The zero-order valence-corrected chi connectivity index (χ0v) is 16.0. The number of imide groups is 2. The van der Waals surface area contributed by atoms with Gasteiger partial charge < -0.3 is 9.15 Å². The second-order valence-corrected chi connectivity index (χ2v) is 6.59. The van der Waals surface area contributed by atoms with E-state index in [1.54, 1.807) is 24.3 Å². The van der Waals surface area contributed by atoms with Crippen LogP contribution in [-0.2, 0) is 16.1 Å². The molecule has 7 heteroatoms. The van der Waals surface area contributed by atoms with E-state index < -0.39 is 17.8 Å². The molecule has 30 heavy (non-hydrogen) atoms. The van der Waals surface area contributed by atoms with Crippen molar-refractivity contribution in [3.63, 3.8) is 0 Å². The maximum absolute atomic E-state index is 13.0. The Hall–Kier alpha value is -4.13. The Morgan fingerprint density at radius 3 is 2.67 bits per heavy atom. The number of amides is 4. The van der Waals surface area contributed by atoms with Gasteiger partial charge in [0, 0.05) is 5.56 Å². The number of rotatable bonds is 6. The van der Waals surface area contributed by atoms with Crippen LogP contribution >= 0.6 is 0 Å². The first-order chi connectivity index (χ1) is 14.6. The molecular formula is C23H18N2O5. The predicted molar refractivity (Wildman–Crippen MR) is 110 cm³/mol. The Bertz CT molecular complexity index is 1180. The number of carbonyl (C=O) groups is 3.